The van der Waals surface area contributed by atoms with Crippen LogP contribution in [0.5, 0.6) is 0 Å². The predicted octanol–water partition coefficient (Wildman–Crippen LogP) is 6.66. The monoisotopic (exact) mass is 458 g/mol. The Kier molecular flexibility index (Phi) is 6.77. The van der Waals surface area contributed by atoms with Gasteiger partial charge >= 0.3 is 152 Å². The summed E-state index contributed by atoms with van der Waals surface area (Å²) < 4.78 is 3.10. The van der Waals surface area contributed by atoms with Gasteiger partial charge in [-0.3, -0.25) is 0 Å². The number of benzene rings is 2. The van der Waals surface area contributed by atoms with Gasteiger partial charge in [-0.1, -0.05) is 0 Å². The van der Waals surface area contributed by atoms with E-state index in [1.165, 1.54) is 22.3 Å². The van der Waals surface area contributed by atoms with Crippen molar-refractivity contribution in [2.24, 2.45) is 0 Å². The summed E-state index contributed by atoms with van der Waals surface area (Å²) in [5.74, 6) is 0. The van der Waals surface area contributed by atoms with Gasteiger partial charge in [-0.15, -0.1) is 24.8 Å². The van der Waals surface area contributed by atoms with Crippen LogP contribution < -0.4 is 0 Å². The van der Waals surface area contributed by atoms with E-state index >= 15 is 0 Å². The van der Waals surface area contributed by atoms with E-state index < -0.39 is 13.0 Å². The number of hydrogen-bond acceptors (Lipinski definition) is 0. The van der Waals surface area contributed by atoms with Crippen LogP contribution >= 0.6 is 34.1 Å². The molecule has 0 radical (unpaired) electrons. The van der Waals surface area contributed by atoms with Gasteiger partial charge in [0, 0.05) is 0 Å². The molecule has 0 saturated carbocycles. The molecule has 0 heterocycles. The maximum Gasteiger partial charge on any atom is -0.147 e. The van der Waals surface area contributed by atoms with E-state index in [1.807, 2.05) is 0 Å². The molecule has 2 aliphatic rings. The normalized spacial score (nSPS) is 15.6. The van der Waals surface area contributed by atoms with E-state index in [0.29, 0.717) is 4.22 Å². The Morgan fingerprint density at radius 3 is 2.00 bits per heavy atom. The Bertz CT molecular complexity index is 902. The molecule has 138 valence electrons. The maximum absolute atomic E-state index is 7.86. The molecule has 0 N–H and O–H groups in total. The SMILES string of the molecule is CC[CH2][Ti](=[SiH2])([Cl])([C]1=CC=CC1)[CH]1c2ccccc2-c2ccccc21.Cl.Cl. The van der Waals surface area contributed by atoms with Crippen molar-refractivity contribution >= 4 is 41.8 Å². The van der Waals surface area contributed by atoms with Crippen LogP contribution in [0, 0.1) is 0 Å². The molecule has 0 fully saturated rings. The van der Waals surface area contributed by atoms with E-state index in [9.17, 15) is 0 Å². The third kappa shape index (κ3) is 3.21. The zero-order valence-corrected chi connectivity index (χ0v) is 20.3. The topological polar surface area (TPSA) is 0 Å². The quantitative estimate of drug-likeness (QED) is 0.448. The molecule has 0 amide bonds. The van der Waals surface area contributed by atoms with Crippen molar-refractivity contribution in [1.82, 2.24) is 0 Å². The minimum absolute atomic E-state index is 0. The molecule has 2 aromatic carbocycles. The molecule has 4 rings (SSSR count). The minimum Gasteiger partial charge on any atom is -0.147 e. The standard InChI is InChI=1S/C13H9.C5H5.C3H7.3ClH.H2Si.Ti/c1-3-7-12-10(5-1)9-11-6-2-4-8-13(11)12;1-2-4-5-3-1;1-3-2;;;;;/h1-9H;1-3H,4H2;1,3H2,2H3;3*1H;1H2;/q;;;;;;;+1/p-1. The van der Waals surface area contributed by atoms with Gasteiger partial charge in [0.25, 0.3) is 0 Å². The first-order chi connectivity index (χ1) is 11.6. The van der Waals surface area contributed by atoms with Gasteiger partial charge in [0.2, 0.25) is 0 Å². The molecular weight excluding hydrogens is 435 g/mol. The van der Waals surface area contributed by atoms with Crippen LogP contribution in [0.4, 0.5) is 0 Å². The molecule has 0 saturated heterocycles. The Labute approximate surface area is 175 Å². The molecule has 0 unspecified atom stereocenters. The summed E-state index contributed by atoms with van der Waals surface area (Å²) in [6.45, 7) is 2.29. The van der Waals surface area contributed by atoms with E-state index in [2.05, 4.69) is 81.3 Å². The Morgan fingerprint density at radius 1 is 1.00 bits per heavy atom. The third-order valence-electron chi connectivity index (χ3n) is 5.82. The molecule has 2 aromatic rings. The number of fused-ring (bicyclic) bond motifs is 3. The largest absolute Gasteiger partial charge is 0.147 e. The number of hydrogen-bond donors (Lipinski definition) is 0. The van der Waals surface area contributed by atoms with E-state index in [1.54, 1.807) is 3.88 Å². The van der Waals surface area contributed by atoms with E-state index in [-0.39, 0.29) is 24.8 Å². The van der Waals surface area contributed by atoms with Crippen LogP contribution in [0.3, 0.4) is 0 Å². The summed E-state index contributed by atoms with van der Waals surface area (Å²) in [5, 5.41) is 0. The van der Waals surface area contributed by atoms with Gasteiger partial charge in [0.1, 0.15) is 0 Å². The van der Waals surface area contributed by atoms with Crippen molar-refractivity contribution in [3.8, 4) is 11.1 Å². The van der Waals surface area contributed by atoms with Gasteiger partial charge in [-0.25, -0.2) is 0 Å². The van der Waals surface area contributed by atoms with Crippen LogP contribution in [0.2, 0.25) is 4.73 Å². The number of halogens is 3. The smallest absolute Gasteiger partial charge is 0.147 e. The second kappa shape index (κ2) is 7.99. The summed E-state index contributed by atoms with van der Waals surface area (Å²) in [6, 6.07) is 17.8. The van der Waals surface area contributed by atoms with Gasteiger partial charge in [-0.2, -0.15) is 0 Å². The maximum atomic E-state index is 7.86. The third-order valence-corrected chi connectivity index (χ3v) is 22.0. The predicted molar refractivity (Wildman–Crippen MR) is 120 cm³/mol. The fraction of sp³-hybridized carbons (Fsp3) is 0.238. The van der Waals surface area contributed by atoms with E-state index in [4.69, 9.17) is 9.30 Å². The van der Waals surface area contributed by atoms with Crippen molar-refractivity contribution in [3.63, 3.8) is 0 Å². The first-order valence-corrected chi connectivity index (χ1v) is 17.8. The Balaban J connectivity index is 0.00000121. The molecular formula is C21H25Cl3SiTi. The van der Waals surface area contributed by atoms with Gasteiger partial charge in [0.05, 0.1) is 0 Å². The number of rotatable bonds is 4. The van der Waals surface area contributed by atoms with Gasteiger partial charge < -0.3 is 0 Å². The summed E-state index contributed by atoms with van der Waals surface area (Å²) in [4.78, 5) is 0. The Morgan fingerprint density at radius 2 is 1.54 bits per heavy atom. The number of allylic oxidation sites excluding steroid dienone is 4. The van der Waals surface area contributed by atoms with Crippen molar-refractivity contribution in [2.75, 3.05) is 0 Å². The average molecular weight is 460 g/mol. The minimum atomic E-state index is -3.43. The zero-order chi connectivity index (χ0) is 16.8. The van der Waals surface area contributed by atoms with Gasteiger partial charge in [0.15, 0.2) is 0 Å². The fourth-order valence-electron chi connectivity index (χ4n) is 4.79. The first kappa shape index (κ1) is 22.0. The molecule has 0 atom stereocenters. The zero-order valence-electron chi connectivity index (χ0n) is 15.0. The molecule has 26 heavy (non-hydrogen) atoms. The Hall–Kier alpha value is -0.279. The van der Waals surface area contributed by atoms with Crippen molar-refractivity contribution in [1.29, 1.82) is 0 Å². The molecule has 0 nitrogen and oxygen atoms in total. The fourth-order valence-corrected chi connectivity index (χ4v) is 19.4. The molecule has 0 aliphatic heterocycles. The van der Waals surface area contributed by atoms with Crippen molar-refractivity contribution < 1.29 is 13.0 Å². The molecule has 0 aromatic heterocycles. The second-order valence-electron chi connectivity index (χ2n) is 7.31. The van der Waals surface area contributed by atoms with Crippen LogP contribution in [-0.4, -0.2) is 7.63 Å². The summed E-state index contributed by atoms with van der Waals surface area (Å²) in [7, 11) is 10.1. The summed E-state index contributed by atoms with van der Waals surface area (Å²) >= 11 is -3.43. The second-order valence-corrected chi connectivity index (χ2v) is 27.5. The van der Waals surface area contributed by atoms with Crippen LogP contribution in [-0.2, 0) is 13.0 Å². The van der Waals surface area contributed by atoms with Gasteiger partial charge in [-0.05, 0) is 0 Å². The summed E-state index contributed by atoms with van der Waals surface area (Å²) in [6.07, 6.45) is 9.01. The summed E-state index contributed by atoms with van der Waals surface area (Å²) in [5.41, 5.74) is 5.70. The molecule has 2 aliphatic carbocycles. The van der Waals surface area contributed by atoms with E-state index in [0.717, 1.165) is 17.6 Å². The molecule has 5 heteroatoms. The molecule has 0 bridgehead atoms. The molecule has 0 spiro atoms. The average Bonchev–Trinajstić information content (AvgIpc) is 3.22. The van der Waals surface area contributed by atoms with Crippen molar-refractivity contribution in [3.05, 3.63) is 81.8 Å². The van der Waals surface area contributed by atoms with Crippen LogP contribution in [0.1, 0.15) is 35.1 Å². The van der Waals surface area contributed by atoms with Crippen LogP contribution in [0.25, 0.3) is 11.1 Å². The van der Waals surface area contributed by atoms with Crippen molar-refractivity contribution in [2.45, 2.75) is 28.7 Å². The first-order valence-electron chi connectivity index (χ1n) is 8.84. The van der Waals surface area contributed by atoms with Crippen LogP contribution in [0.15, 0.2) is 70.6 Å².